The summed E-state index contributed by atoms with van der Waals surface area (Å²) in [5.74, 6) is -2.18. The molecular weight excluding hydrogens is 350 g/mol. The van der Waals surface area contributed by atoms with Gasteiger partial charge in [0.2, 0.25) is 5.91 Å². The first-order valence-corrected chi connectivity index (χ1v) is 7.49. The Kier molecular flexibility index (Phi) is 3.39. The number of alkyl halides is 2. The standard InChI is InChI=1S/C17H10F2N2O5/c18-17(19)25-12-6-5-9(7-13(12)26-17)20-14(22)8-21-15(23)10-3-1-2-4-11(10)16(21)24/h1-7H,8H2,(H,20,22). The summed E-state index contributed by atoms with van der Waals surface area (Å²) in [7, 11) is 0. The predicted molar refractivity (Wildman–Crippen MR) is 83.1 cm³/mol. The number of anilines is 1. The number of halogens is 2. The Morgan fingerprint density at radius 1 is 1.00 bits per heavy atom. The molecule has 0 spiro atoms. The Balaban J connectivity index is 1.46. The number of carbonyl (C=O) groups is 3. The molecule has 9 heteroatoms. The molecule has 0 saturated heterocycles. The van der Waals surface area contributed by atoms with E-state index in [0.717, 1.165) is 11.0 Å². The zero-order valence-electron chi connectivity index (χ0n) is 13.0. The lowest BCUT2D eigenvalue weighted by Crippen LogP contribution is -2.37. The summed E-state index contributed by atoms with van der Waals surface area (Å²) >= 11 is 0. The minimum atomic E-state index is -3.76. The van der Waals surface area contributed by atoms with Crippen LogP contribution in [0.1, 0.15) is 20.7 Å². The van der Waals surface area contributed by atoms with Crippen LogP contribution in [-0.4, -0.2) is 35.5 Å². The maximum atomic E-state index is 13.0. The molecule has 26 heavy (non-hydrogen) atoms. The van der Waals surface area contributed by atoms with Gasteiger partial charge in [0.05, 0.1) is 11.1 Å². The van der Waals surface area contributed by atoms with Gasteiger partial charge in [0, 0.05) is 11.8 Å². The fourth-order valence-corrected chi connectivity index (χ4v) is 2.75. The second-order valence-electron chi connectivity index (χ2n) is 5.62. The van der Waals surface area contributed by atoms with Gasteiger partial charge in [-0.05, 0) is 24.3 Å². The van der Waals surface area contributed by atoms with Crippen molar-refractivity contribution in [2.45, 2.75) is 6.29 Å². The molecule has 4 rings (SSSR count). The third kappa shape index (κ3) is 2.63. The Labute approximate surface area is 145 Å². The second-order valence-corrected chi connectivity index (χ2v) is 5.62. The summed E-state index contributed by atoms with van der Waals surface area (Å²) in [4.78, 5) is 37.4. The molecule has 0 unspecified atom stereocenters. The van der Waals surface area contributed by atoms with Crippen LogP contribution in [0.2, 0.25) is 0 Å². The number of nitrogens with one attached hydrogen (secondary N) is 1. The van der Waals surface area contributed by atoms with Crippen molar-refractivity contribution >= 4 is 23.4 Å². The normalized spacial score (nSPS) is 16.6. The molecule has 7 nitrogen and oxygen atoms in total. The van der Waals surface area contributed by atoms with Gasteiger partial charge in [0.25, 0.3) is 11.8 Å². The van der Waals surface area contributed by atoms with Crippen molar-refractivity contribution in [3.8, 4) is 11.5 Å². The first-order chi connectivity index (χ1) is 12.3. The van der Waals surface area contributed by atoms with E-state index in [1.165, 1.54) is 24.3 Å². The minimum absolute atomic E-state index is 0.159. The van der Waals surface area contributed by atoms with E-state index in [-0.39, 0.29) is 28.3 Å². The van der Waals surface area contributed by atoms with Crippen LogP contribution >= 0.6 is 0 Å². The second kappa shape index (κ2) is 5.51. The molecule has 2 heterocycles. The summed E-state index contributed by atoms with van der Waals surface area (Å²) in [6.45, 7) is -0.503. The molecule has 0 aliphatic carbocycles. The minimum Gasteiger partial charge on any atom is -0.395 e. The molecule has 0 saturated carbocycles. The molecule has 2 aliphatic heterocycles. The highest BCUT2D eigenvalue weighted by Crippen LogP contribution is 2.42. The lowest BCUT2D eigenvalue weighted by atomic mass is 10.1. The van der Waals surface area contributed by atoms with E-state index in [1.54, 1.807) is 12.1 Å². The van der Waals surface area contributed by atoms with Gasteiger partial charge in [-0.15, -0.1) is 8.78 Å². The number of amides is 3. The van der Waals surface area contributed by atoms with Gasteiger partial charge in [-0.1, -0.05) is 12.1 Å². The van der Waals surface area contributed by atoms with Crippen molar-refractivity contribution in [2.75, 3.05) is 11.9 Å². The van der Waals surface area contributed by atoms with Crippen molar-refractivity contribution in [1.29, 1.82) is 0 Å². The first kappa shape index (κ1) is 16.0. The molecular formula is C17H10F2N2O5. The number of imide groups is 1. The summed E-state index contributed by atoms with van der Waals surface area (Å²) in [5, 5.41) is 2.43. The maximum absolute atomic E-state index is 13.0. The summed E-state index contributed by atoms with van der Waals surface area (Å²) in [6.07, 6.45) is -3.76. The molecule has 0 atom stereocenters. The highest BCUT2D eigenvalue weighted by molar-refractivity contribution is 6.22. The molecule has 0 aromatic heterocycles. The van der Waals surface area contributed by atoms with E-state index >= 15 is 0 Å². The van der Waals surface area contributed by atoms with E-state index in [0.29, 0.717) is 0 Å². The molecule has 2 aliphatic rings. The number of ether oxygens (including phenoxy) is 2. The van der Waals surface area contributed by atoms with Crippen LogP contribution in [0, 0.1) is 0 Å². The number of benzene rings is 2. The molecule has 132 valence electrons. The third-order valence-electron chi connectivity index (χ3n) is 3.86. The number of hydrogen-bond acceptors (Lipinski definition) is 5. The molecule has 0 radical (unpaired) electrons. The zero-order chi connectivity index (χ0) is 18.5. The van der Waals surface area contributed by atoms with Crippen molar-refractivity contribution in [3.05, 3.63) is 53.6 Å². The lowest BCUT2D eigenvalue weighted by Gasteiger charge is -2.13. The molecule has 0 bridgehead atoms. The number of fused-ring (bicyclic) bond motifs is 2. The smallest absolute Gasteiger partial charge is 0.395 e. The molecule has 0 fully saturated rings. The van der Waals surface area contributed by atoms with E-state index in [1.807, 2.05) is 0 Å². The van der Waals surface area contributed by atoms with Crippen LogP contribution in [0.25, 0.3) is 0 Å². The maximum Gasteiger partial charge on any atom is 0.586 e. The van der Waals surface area contributed by atoms with Crippen molar-refractivity contribution < 1.29 is 32.6 Å². The fraction of sp³-hybridized carbons (Fsp3) is 0.118. The predicted octanol–water partition coefficient (Wildman–Crippen LogP) is 2.24. The molecule has 2 aromatic carbocycles. The number of rotatable bonds is 3. The zero-order valence-corrected chi connectivity index (χ0v) is 13.0. The van der Waals surface area contributed by atoms with Crippen LogP contribution in [0.15, 0.2) is 42.5 Å². The number of nitrogens with zero attached hydrogens (tertiary/aromatic N) is 1. The molecule has 3 amide bonds. The average molecular weight is 360 g/mol. The lowest BCUT2D eigenvalue weighted by molar-refractivity contribution is -0.286. The van der Waals surface area contributed by atoms with Crippen LogP contribution in [0.5, 0.6) is 11.5 Å². The number of hydrogen-bond donors (Lipinski definition) is 1. The Hall–Kier alpha value is -3.49. The first-order valence-electron chi connectivity index (χ1n) is 7.49. The SMILES string of the molecule is O=C(CN1C(=O)c2ccccc2C1=O)Nc1ccc2c(c1)OC(F)(F)O2. The van der Waals surface area contributed by atoms with Crippen LogP contribution in [0.4, 0.5) is 14.5 Å². The van der Waals surface area contributed by atoms with Gasteiger partial charge in [0.15, 0.2) is 11.5 Å². The number of carbonyl (C=O) groups excluding carboxylic acids is 3. The molecule has 2 aromatic rings. The van der Waals surface area contributed by atoms with Gasteiger partial charge >= 0.3 is 6.29 Å². The fourth-order valence-electron chi connectivity index (χ4n) is 2.75. The summed E-state index contributed by atoms with van der Waals surface area (Å²) < 4.78 is 34.6. The Morgan fingerprint density at radius 3 is 2.27 bits per heavy atom. The van der Waals surface area contributed by atoms with Crippen LogP contribution < -0.4 is 14.8 Å². The Morgan fingerprint density at radius 2 is 1.62 bits per heavy atom. The third-order valence-corrected chi connectivity index (χ3v) is 3.86. The molecule has 1 N–H and O–H groups in total. The van der Waals surface area contributed by atoms with E-state index in [9.17, 15) is 23.2 Å². The van der Waals surface area contributed by atoms with E-state index in [4.69, 9.17) is 0 Å². The van der Waals surface area contributed by atoms with Gasteiger partial charge in [-0.3, -0.25) is 19.3 Å². The van der Waals surface area contributed by atoms with Gasteiger partial charge in [-0.2, -0.15) is 0 Å². The highest BCUT2D eigenvalue weighted by Gasteiger charge is 2.43. The van der Waals surface area contributed by atoms with Gasteiger partial charge in [-0.25, -0.2) is 0 Å². The van der Waals surface area contributed by atoms with E-state index < -0.39 is 30.6 Å². The van der Waals surface area contributed by atoms with Crippen LogP contribution in [-0.2, 0) is 4.79 Å². The van der Waals surface area contributed by atoms with Crippen molar-refractivity contribution in [2.24, 2.45) is 0 Å². The highest BCUT2D eigenvalue weighted by atomic mass is 19.3. The quantitative estimate of drug-likeness (QED) is 0.849. The monoisotopic (exact) mass is 360 g/mol. The van der Waals surface area contributed by atoms with Gasteiger partial charge in [0.1, 0.15) is 6.54 Å². The van der Waals surface area contributed by atoms with Crippen LogP contribution in [0.3, 0.4) is 0 Å². The summed E-state index contributed by atoms with van der Waals surface area (Å²) in [6, 6.07) is 9.97. The topological polar surface area (TPSA) is 84.9 Å². The Bertz CT molecular complexity index is 925. The van der Waals surface area contributed by atoms with Crippen molar-refractivity contribution in [1.82, 2.24) is 4.90 Å². The average Bonchev–Trinajstić information content (AvgIpc) is 3.02. The summed E-state index contributed by atoms with van der Waals surface area (Å²) in [5.41, 5.74) is 0.623. The largest absolute Gasteiger partial charge is 0.586 e. The van der Waals surface area contributed by atoms with Gasteiger partial charge < -0.3 is 14.8 Å². The van der Waals surface area contributed by atoms with E-state index in [2.05, 4.69) is 14.8 Å². The van der Waals surface area contributed by atoms with Crippen molar-refractivity contribution in [3.63, 3.8) is 0 Å².